The van der Waals surface area contributed by atoms with E-state index in [1.165, 1.54) is 12.1 Å². The number of phenolic OH excluding ortho intramolecular Hbond substituents is 1. The molecule has 1 aromatic carbocycles. The van der Waals surface area contributed by atoms with Gasteiger partial charge in [-0.05, 0) is 38.3 Å². The molecule has 0 saturated heterocycles. The van der Waals surface area contributed by atoms with Crippen LogP contribution in [-0.2, 0) is 11.2 Å². The predicted octanol–water partition coefficient (Wildman–Crippen LogP) is 2.53. The first-order chi connectivity index (χ1) is 14.0. The molecule has 0 atom stereocenters. The molecule has 2 amide bonds. The number of fused-ring (bicyclic) bond motifs is 1. The molecular weight excluding hydrogens is 374 g/mol. The van der Waals surface area contributed by atoms with Crippen molar-refractivity contribution in [3.8, 4) is 5.75 Å². The molecule has 0 bridgehead atoms. The van der Waals surface area contributed by atoms with E-state index in [-0.39, 0.29) is 23.0 Å². The number of rotatable bonds is 7. The number of para-hydroxylation sites is 1. The maximum Gasteiger partial charge on any atom is 0.287 e. The number of nitrogens with one attached hydrogen (secondary N) is 2. The van der Waals surface area contributed by atoms with Gasteiger partial charge >= 0.3 is 0 Å². The Hall–Kier alpha value is -3.13. The molecule has 29 heavy (non-hydrogen) atoms. The van der Waals surface area contributed by atoms with Crippen molar-refractivity contribution in [2.75, 3.05) is 20.3 Å². The molecule has 1 aliphatic carbocycles. The third-order valence-corrected chi connectivity index (χ3v) is 4.78. The molecule has 8 nitrogen and oxygen atoms in total. The Morgan fingerprint density at radius 2 is 2.03 bits per heavy atom. The van der Waals surface area contributed by atoms with Crippen LogP contribution in [0.5, 0.6) is 5.75 Å². The summed E-state index contributed by atoms with van der Waals surface area (Å²) < 4.78 is 10.8. The van der Waals surface area contributed by atoms with Crippen LogP contribution < -0.4 is 10.7 Å². The van der Waals surface area contributed by atoms with Crippen LogP contribution in [0.4, 0.5) is 0 Å². The van der Waals surface area contributed by atoms with E-state index >= 15 is 0 Å². The number of hydrogen-bond donors (Lipinski definition) is 3. The van der Waals surface area contributed by atoms with Crippen molar-refractivity contribution in [2.24, 2.45) is 5.10 Å². The van der Waals surface area contributed by atoms with Gasteiger partial charge in [0.1, 0.15) is 11.5 Å². The Kier molecular flexibility index (Phi) is 6.66. The maximum absolute atomic E-state index is 12.5. The van der Waals surface area contributed by atoms with Crippen LogP contribution in [0.3, 0.4) is 0 Å². The Morgan fingerprint density at radius 1 is 1.24 bits per heavy atom. The molecule has 3 N–H and O–H groups in total. The first-order valence-electron chi connectivity index (χ1n) is 9.57. The van der Waals surface area contributed by atoms with Gasteiger partial charge in [-0.15, -0.1) is 0 Å². The van der Waals surface area contributed by atoms with Gasteiger partial charge in [0, 0.05) is 37.8 Å². The number of amides is 2. The number of benzene rings is 1. The summed E-state index contributed by atoms with van der Waals surface area (Å²) in [7, 11) is 1.62. The number of methoxy groups -OCH3 is 1. The van der Waals surface area contributed by atoms with Crippen LogP contribution >= 0.6 is 0 Å². The minimum atomic E-state index is -0.500. The van der Waals surface area contributed by atoms with Crippen molar-refractivity contribution in [3.05, 3.63) is 52.5 Å². The van der Waals surface area contributed by atoms with Crippen molar-refractivity contribution in [1.82, 2.24) is 10.7 Å². The zero-order chi connectivity index (χ0) is 20.8. The van der Waals surface area contributed by atoms with Crippen molar-refractivity contribution >= 4 is 17.5 Å². The van der Waals surface area contributed by atoms with E-state index < -0.39 is 5.91 Å². The number of nitrogens with zero attached hydrogens (tertiary/aromatic N) is 1. The summed E-state index contributed by atoms with van der Waals surface area (Å²) >= 11 is 0. The van der Waals surface area contributed by atoms with Gasteiger partial charge in [-0.1, -0.05) is 12.1 Å². The molecular formula is C21H25N3O5. The van der Waals surface area contributed by atoms with Crippen molar-refractivity contribution in [3.63, 3.8) is 0 Å². The number of hydrogen-bond acceptors (Lipinski definition) is 6. The number of hydrazone groups is 1. The minimum Gasteiger partial charge on any atom is -0.507 e. The summed E-state index contributed by atoms with van der Waals surface area (Å²) in [4.78, 5) is 24.8. The molecule has 0 radical (unpaired) electrons. The minimum absolute atomic E-state index is 0.110. The number of phenols is 1. The van der Waals surface area contributed by atoms with E-state index in [2.05, 4.69) is 15.8 Å². The third-order valence-electron chi connectivity index (χ3n) is 4.78. The van der Waals surface area contributed by atoms with E-state index in [0.717, 1.165) is 12.0 Å². The highest BCUT2D eigenvalue weighted by Gasteiger charge is 2.28. The van der Waals surface area contributed by atoms with Gasteiger partial charge in [-0.25, -0.2) is 5.43 Å². The van der Waals surface area contributed by atoms with Crippen LogP contribution in [0.1, 0.15) is 57.1 Å². The topological polar surface area (TPSA) is 113 Å². The van der Waals surface area contributed by atoms with E-state index in [1.807, 2.05) is 6.92 Å². The first kappa shape index (κ1) is 20.6. The van der Waals surface area contributed by atoms with Crippen LogP contribution in [0, 0.1) is 6.92 Å². The normalized spacial score (nSPS) is 14.5. The van der Waals surface area contributed by atoms with Crippen LogP contribution in [0.25, 0.3) is 0 Å². The lowest BCUT2D eigenvalue weighted by Gasteiger charge is -2.13. The van der Waals surface area contributed by atoms with Gasteiger partial charge in [0.25, 0.3) is 11.8 Å². The van der Waals surface area contributed by atoms with E-state index in [0.29, 0.717) is 49.4 Å². The average molecular weight is 399 g/mol. The average Bonchev–Trinajstić information content (AvgIpc) is 3.07. The second-order valence-electron chi connectivity index (χ2n) is 6.83. The van der Waals surface area contributed by atoms with Gasteiger partial charge in [-0.2, -0.15) is 5.10 Å². The summed E-state index contributed by atoms with van der Waals surface area (Å²) in [5.41, 5.74) is 4.79. The molecule has 1 aliphatic rings. The molecule has 0 saturated carbocycles. The molecule has 8 heteroatoms. The number of aromatic hydroxyl groups is 1. The number of furan rings is 1. The zero-order valence-electron chi connectivity index (χ0n) is 16.6. The Balaban J connectivity index is 1.77. The van der Waals surface area contributed by atoms with Crippen molar-refractivity contribution in [1.29, 1.82) is 0 Å². The van der Waals surface area contributed by atoms with Crippen LogP contribution in [-0.4, -0.2) is 42.9 Å². The lowest BCUT2D eigenvalue weighted by molar-refractivity contribution is 0.0916. The van der Waals surface area contributed by atoms with Gasteiger partial charge in [0.05, 0.1) is 11.3 Å². The van der Waals surface area contributed by atoms with E-state index in [4.69, 9.17) is 9.15 Å². The summed E-state index contributed by atoms with van der Waals surface area (Å²) in [5, 5.41) is 16.9. The largest absolute Gasteiger partial charge is 0.507 e. The SMILES string of the molecule is COCCCNC(=O)c1oc2c(c1C)/C(=N/NC(=O)c1ccccc1O)CCC2. The van der Waals surface area contributed by atoms with Gasteiger partial charge in [0.2, 0.25) is 0 Å². The summed E-state index contributed by atoms with van der Waals surface area (Å²) in [5.74, 6) is 0.0902. The second kappa shape index (κ2) is 9.38. The lowest BCUT2D eigenvalue weighted by Crippen LogP contribution is -2.25. The second-order valence-corrected chi connectivity index (χ2v) is 6.83. The first-order valence-corrected chi connectivity index (χ1v) is 9.57. The van der Waals surface area contributed by atoms with Crippen LogP contribution in [0.2, 0.25) is 0 Å². The lowest BCUT2D eigenvalue weighted by atomic mass is 9.93. The fraction of sp³-hybridized carbons (Fsp3) is 0.381. The fourth-order valence-corrected chi connectivity index (χ4v) is 3.34. The third kappa shape index (κ3) is 4.65. The number of carbonyl (C=O) groups excluding carboxylic acids is 2. The molecule has 1 aromatic heterocycles. The molecule has 0 aliphatic heterocycles. The Morgan fingerprint density at radius 3 is 2.79 bits per heavy atom. The molecule has 3 rings (SSSR count). The van der Waals surface area contributed by atoms with Crippen LogP contribution in [0.15, 0.2) is 33.8 Å². The molecule has 0 spiro atoms. The van der Waals surface area contributed by atoms with E-state index in [9.17, 15) is 14.7 Å². The number of aryl methyl sites for hydroxylation is 1. The maximum atomic E-state index is 12.5. The molecule has 0 unspecified atom stereocenters. The summed E-state index contributed by atoms with van der Waals surface area (Å²) in [6.45, 7) is 2.88. The smallest absolute Gasteiger partial charge is 0.287 e. The van der Waals surface area contributed by atoms with E-state index in [1.54, 1.807) is 19.2 Å². The fourth-order valence-electron chi connectivity index (χ4n) is 3.34. The van der Waals surface area contributed by atoms with Gasteiger partial charge < -0.3 is 19.6 Å². The number of carbonyl (C=O) groups is 2. The standard InChI is InChI=1S/C21H25N3O5/c1-13-18-15(23-24-20(26)14-7-3-4-9-16(14)25)8-5-10-17(18)29-19(13)21(27)22-11-6-12-28-2/h3-4,7,9,25H,5-6,8,10-12H2,1-2H3,(H,22,27)(H,24,26)/b23-15+. The van der Waals surface area contributed by atoms with Crippen molar-refractivity contribution in [2.45, 2.75) is 32.6 Å². The van der Waals surface area contributed by atoms with Gasteiger partial charge in [0.15, 0.2) is 5.76 Å². The quantitative estimate of drug-likeness (QED) is 0.489. The highest BCUT2D eigenvalue weighted by molar-refractivity contribution is 6.07. The Labute approximate surface area is 168 Å². The summed E-state index contributed by atoms with van der Waals surface area (Å²) in [6, 6.07) is 6.27. The zero-order valence-corrected chi connectivity index (χ0v) is 16.6. The molecule has 1 heterocycles. The highest BCUT2D eigenvalue weighted by atomic mass is 16.5. The molecule has 2 aromatic rings. The molecule has 154 valence electrons. The molecule has 0 fully saturated rings. The Bertz CT molecular complexity index is 932. The van der Waals surface area contributed by atoms with Gasteiger partial charge in [-0.3, -0.25) is 9.59 Å². The predicted molar refractivity (Wildman–Crippen MR) is 107 cm³/mol. The summed E-state index contributed by atoms with van der Waals surface area (Å²) in [6.07, 6.45) is 2.88. The number of ether oxygens (including phenoxy) is 1. The highest BCUT2D eigenvalue weighted by Crippen LogP contribution is 2.30. The monoisotopic (exact) mass is 399 g/mol. The van der Waals surface area contributed by atoms with Crippen molar-refractivity contribution < 1.29 is 23.8 Å².